The summed E-state index contributed by atoms with van der Waals surface area (Å²) in [5.41, 5.74) is -0.150. The molecule has 3 rings (SSSR count). The van der Waals surface area contributed by atoms with Gasteiger partial charge in [0, 0.05) is 0 Å². The van der Waals surface area contributed by atoms with Crippen molar-refractivity contribution in [3.05, 3.63) is 48.3 Å². The second-order valence-electron chi connectivity index (χ2n) is 4.92. The Hall–Kier alpha value is -3.18. The van der Waals surface area contributed by atoms with Gasteiger partial charge in [0.05, 0.1) is 7.11 Å². The van der Waals surface area contributed by atoms with Crippen LogP contribution in [0.15, 0.2) is 45.9 Å². The van der Waals surface area contributed by atoms with Gasteiger partial charge in [0.15, 0.2) is 0 Å². The van der Waals surface area contributed by atoms with Gasteiger partial charge in [-0.05, 0) is 0 Å². The SMILES string of the molecule is COc1ncc(-c2nccnc2Sc2c(F)cc(N=[N+]=BF)c(F)c2F)cn1. The molecule has 28 heavy (non-hydrogen) atoms. The molecule has 0 spiro atoms. The van der Waals surface area contributed by atoms with Gasteiger partial charge in [-0.1, -0.05) is 0 Å². The topological polar surface area (TPSA) is 87.3 Å². The van der Waals surface area contributed by atoms with Gasteiger partial charge >= 0.3 is 148 Å². The maximum absolute atomic E-state index is 14.3. The predicted molar refractivity (Wildman–Crippen MR) is 91.1 cm³/mol. The number of nitrogens with zero attached hydrogens (tertiary/aromatic N) is 6. The van der Waals surface area contributed by atoms with Crippen molar-refractivity contribution in [2.75, 3.05) is 7.11 Å². The molecule has 2 heterocycles. The van der Waals surface area contributed by atoms with E-state index in [0.29, 0.717) is 23.4 Å². The molecule has 3 aromatic rings. The van der Waals surface area contributed by atoms with Gasteiger partial charge < -0.3 is 4.74 Å². The van der Waals surface area contributed by atoms with E-state index >= 15 is 0 Å². The number of hydrogen-bond acceptors (Lipinski definition) is 7. The van der Waals surface area contributed by atoms with Crippen LogP contribution in [0.3, 0.4) is 0 Å². The number of aromatic nitrogens is 4. The summed E-state index contributed by atoms with van der Waals surface area (Å²) in [5.74, 6) is -4.12. The average Bonchev–Trinajstić information content (AvgIpc) is 2.73. The van der Waals surface area contributed by atoms with Gasteiger partial charge in [0.2, 0.25) is 0 Å². The molecule has 0 aliphatic carbocycles. The molecule has 0 radical (unpaired) electrons. The third-order valence-electron chi connectivity index (χ3n) is 3.25. The van der Waals surface area contributed by atoms with E-state index in [9.17, 15) is 17.5 Å². The van der Waals surface area contributed by atoms with Crippen LogP contribution >= 0.6 is 11.8 Å². The molecule has 0 fully saturated rings. The van der Waals surface area contributed by atoms with Crippen LogP contribution in [-0.4, -0.2) is 34.4 Å². The molecule has 7 nitrogen and oxygen atoms in total. The van der Waals surface area contributed by atoms with Gasteiger partial charge in [0.25, 0.3) is 0 Å². The molecule has 0 atom stereocenters. The number of halogens is 4. The van der Waals surface area contributed by atoms with Crippen molar-refractivity contribution in [2.45, 2.75) is 9.92 Å². The maximum atomic E-state index is 14.3. The third kappa shape index (κ3) is 4.05. The Morgan fingerprint density at radius 1 is 1.07 bits per heavy atom. The van der Waals surface area contributed by atoms with Crippen LogP contribution < -0.4 is 9.43 Å². The minimum absolute atomic E-state index is 0.0833. The van der Waals surface area contributed by atoms with Gasteiger partial charge in [-0.2, -0.15) is 0 Å². The fraction of sp³-hybridized carbons (Fsp3) is 0.0667. The Morgan fingerprint density at radius 2 is 1.79 bits per heavy atom. The van der Waals surface area contributed by atoms with Crippen molar-refractivity contribution in [1.29, 1.82) is 0 Å². The van der Waals surface area contributed by atoms with E-state index in [-0.39, 0.29) is 24.1 Å². The number of hydrogen-bond donors (Lipinski definition) is 0. The van der Waals surface area contributed by atoms with Crippen LogP contribution in [0.4, 0.5) is 23.2 Å². The van der Waals surface area contributed by atoms with E-state index in [1.54, 1.807) is 0 Å². The fourth-order valence-corrected chi connectivity index (χ4v) is 2.96. The van der Waals surface area contributed by atoms with Gasteiger partial charge in [0.1, 0.15) is 0 Å². The van der Waals surface area contributed by atoms with Crippen molar-refractivity contribution in [1.82, 2.24) is 24.6 Å². The molecule has 0 aliphatic heterocycles. The molecule has 0 amide bonds. The molecule has 140 valence electrons. The fourth-order valence-electron chi connectivity index (χ4n) is 2.05. The Balaban J connectivity index is 2.03. The number of benzene rings is 1. The molecule has 1 aromatic carbocycles. The van der Waals surface area contributed by atoms with Crippen molar-refractivity contribution in [3.63, 3.8) is 0 Å². The average molecular weight is 407 g/mol. The summed E-state index contributed by atoms with van der Waals surface area (Å²) in [4.78, 5) is 15.4. The zero-order chi connectivity index (χ0) is 20.1. The van der Waals surface area contributed by atoms with E-state index in [1.165, 1.54) is 31.9 Å². The third-order valence-corrected chi connectivity index (χ3v) is 4.32. The van der Waals surface area contributed by atoms with Crippen LogP contribution in [0.5, 0.6) is 6.01 Å². The molecular weight excluding hydrogens is 399 g/mol. The summed E-state index contributed by atoms with van der Waals surface area (Å²) in [6.45, 7) is 0. The van der Waals surface area contributed by atoms with Gasteiger partial charge in [-0.3, -0.25) is 0 Å². The number of ether oxygens (including phenoxy) is 1. The second kappa shape index (κ2) is 8.68. The van der Waals surface area contributed by atoms with E-state index in [1.807, 2.05) is 0 Å². The Labute approximate surface area is 160 Å². The van der Waals surface area contributed by atoms with Crippen LogP contribution in [0.25, 0.3) is 11.3 Å². The van der Waals surface area contributed by atoms with Gasteiger partial charge in [-0.15, -0.1) is 0 Å². The zero-order valence-electron chi connectivity index (χ0n) is 14.0. The summed E-state index contributed by atoms with van der Waals surface area (Å²) >= 11 is 0.514. The number of methoxy groups -OCH3 is 1. The van der Waals surface area contributed by atoms with Crippen molar-refractivity contribution < 1.29 is 22.2 Å². The van der Waals surface area contributed by atoms with E-state index in [0.717, 1.165) is 0 Å². The molecule has 0 saturated heterocycles. The first-order chi connectivity index (χ1) is 13.5. The second-order valence-corrected chi connectivity index (χ2v) is 5.92. The predicted octanol–water partition coefficient (Wildman–Crippen LogP) is 3.43. The minimum atomic E-state index is -1.51. The van der Waals surface area contributed by atoms with Crippen LogP contribution in [-0.2, 0) is 0 Å². The van der Waals surface area contributed by atoms with E-state index in [2.05, 4.69) is 29.7 Å². The van der Waals surface area contributed by atoms with E-state index in [4.69, 9.17) is 4.74 Å². The molecular formula is C15H8BF4N6OS+. The van der Waals surface area contributed by atoms with Crippen LogP contribution in [0, 0.1) is 17.5 Å². The summed E-state index contributed by atoms with van der Waals surface area (Å²) in [7, 11) is 1.16. The first kappa shape index (κ1) is 19.6. The standard InChI is InChI=1S/C15H8BF4N6OS/c1-27-15-23-5-7(6-24-15)12-14(22-3-2-21-12)28-13-8(17)4-9(25-26-16-20)10(18)11(13)19/h2-6H,1H3/q+1. The number of rotatable bonds is 5. The molecule has 0 unspecified atom stereocenters. The molecule has 13 heteroatoms. The Bertz CT molecular complexity index is 1080. The molecule has 0 bridgehead atoms. The first-order valence-corrected chi connectivity index (χ1v) is 8.22. The summed E-state index contributed by atoms with van der Waals surface area (Å²) < 4.78 is 62.3. The molecule has 0 saturated carbocycles. The van der Waals surface area contributed by atoms with Crippen LogP contribution in [0.1, 0.15) is 0 Å². The Kier molecular flexibility index (Phi) is 6.07. The monoisotopic (exact) mass is 407 g/mol. The first-order valence-electron chi connectivity index (χ1n) is 7.40. The van der Waals surface area contributed by atoms with Crippen LogP contribution in [0.2, 0.25) is 0 Å². The normalized spacial score (nSPS) is 10.2. The quantitative estimate of drug-likeness (QED) is 0.212. The summed E-state index contributed by atoms with van der Waals surface area (Å²) in [6, 6.07) is 0.719. The molecule has 2 aromatic heterocycles. The summed E-state index contributed by atoms with van der Waals surface area (Å²) in [6.07, 6.45) is 5.46. The Morgan fingerprint density at radius 3 is 2.46 bits per heavy atom. The van der Waals surface area contributed by atoms with Crippen molar-refractivity contribution in [2.24, 2.45) is 5.11 Å². The van der Waals surface area contributed by atoms with Crippen molar-refractivity contribution in [3.8, 4) is 17.3 Å². The molecule has 0 aliphatic rings. The molecule has 0 N–H and O–H groups in total. The van der Waals surface area contributed by atoms with Gasteiger partial charge in [-0.25, -0.2) is 0 Å². The van der Waals surface area contributed by atoms with E-state index < -0.39 is 28.0 Å². The summed E-state index contributed by atoms with van der Waals surface area (Å²) in [5, 5.41) is 3.13. The van der Waals surface area contributed by atoms with Crippen molar-refractivity contribution >= 4 is 24.8 Å². The zero-order valence-corrected chi connectivity index (χ0v) is 14.8.